The number of phenolic OH excluding ortho intramolecular Hbond substituents is 2. The minimum Gasteiger partial charge on any atom is -0.507 e. The summed E-state index contributed by atoms with van der Waals surface area (Å²) in [5.41, 5.74) is 5.90. The van der Waals surface area contributed by atoms with Crippen LogP contribution >= 0.6 is 0 Å². The van der Waals surface area contributed by atoms with Crippen molar-refractivity contribution in [3.05, 3.63) is 57.6 Å². The topological polar surface area (TPSA) is 40.5 Å². The summed E-state index contributed by atoms with van der Waals surface area (Å²) in [5, 5.41) is 23.2. The SMILES string of the molecule is CCC(C)(C)c1cc(C(C)c2cc(C(C)(C)CC)cc(C(C)(C)CC)c2O)c(O)c(C(C)(C)C)c1. The number of hydrogen-bond acceptors (Lipinski definition) is 2. The van der Waals surface area contributed by atoms with Gasteiger partial charge in [0, 0.05) is 22.6 Å². The molecule has 0 amide bonds. The Bertz CT molecular complexity index is 1050. The van der Waals surface area contributed by atoms with Gasteiger partial charge in [-0.2, -0.15) is 0 Å². The minimum atomic E-state index is -0.193. The van der Waals surface area contributed by atoms with Gasteiger partial charge >= 0.3 is 0 Å². The molecule has 0 radical (unpaired) electrons. The van der Waals surface area contributed by atoms with E-state index < -0.39 is 0 Å². The molecule has 1 unspecified atom stereocenters. The first-order valence-corrected chi connectivity index (χ1v) is 13.6. The van der Waals surface area contributed by atoms with Gasteiger partial charge in [-0.15, -0.1) is 0 Å². The van der Waals surface area contributed by atoms with Gasteiger partial charge in [0.2, 0.25) is 0 Å². The van der Waals surface area contributed by atoms with Gasteiger partial charge in [-0.05, 0) is 57.6 Å². The fraction of sp³-hybridized carbons (Fsp3) is 0.636. The van der Waals surface area contributed by atoms with E-state index in [9.17, 15) is 10.2 Å². The van der Waals surface area contributed by atoms with Crippen LogP contribution in [0.5, 0.6) is 11.5 Å². The van der Waals surface area contributed by atoms with E-state index in [1.807, 2.05) is 0 Å². The third-order valence-electron chi connectivity index (χ3n) is 8.96. The predicted octanol–water partition coefficient (Wildman–Crippen LogP) is 9.61. The molecule has 0 aliphatic heterocycles. The van der Waals surface area contributed by atoms with Crippen LogP contribution < -0.4 is 0 Å². The molecule has 0 heterocycles. The van der Waals surface area contributed by atoms with Crippen molar-refractivity contribution in [3.8, 4) is 11.5 Å². The highest BCUT2D eigenvalue weighted by molar-refractivity contribution is 5.57. The standard InChI is InChI=1S/C33H52O2/c1-14-31(8,9)22-17-24(28(34)26(19-22)30(5,6)7)21(4)25-18-23(32(10,11)15-2)20-27(29(25)35)33(12,13)16-3/h17-21,34-35H,14-16H2,1-13H3. The summed E-state index contributed by atoms with van der Waals surface area (Å²) in [7, 11) is 0. The summed E-state index contributed by atoms with van der Waals surface area (Å²) in [4.78, 5) is 0. The first-order valence-electron chi connectivity index (χ1n) is 13.6. The van der Waals surface area contributed by atoms with Crippen LogP contribution in [0.15, 0.2) is 24.3 Å². The molecule has 2 aromatic carbocycles. The molecule has 0 fully saturated rings. The summed E-state index contributed by atoms with van der Waals surface area (Å²) in [6.07, 6.45) is 2.95. The Morgan fingerprint density at radius 3 is 1.26 bits per heavy atom. The van der Waals surface area contributed by atoms with E-state index in [1.165, 1.54) is 11.1 Å². The third-order valence-corrected chi connectivity index (χ3v) is 8.96. The van der Waals surface area contributed by atoms with Crippen LogP contribution in [0.3, 0.4) is 0 Å². The number of hydrogen-bond donors (Lipinski definition) is 2. The van der Waals surface area contributed by atoms with Crippen molar-refractivity contribution in [2.45, 2.75) is 137 Å². The van der Waals surface area contributed by atoms with Crippen molar-refractivity contribution in [1.29, 1.82) is 0 Å². The molecule has 2 N–H and O–H groups in total. The van der Waals surface area contributed by atoms with Crippen LogP contribution in [0.1, 0.15) is 149 Å². The average molecular weight is 481 g/mol. The highest BCUT2D eigenvalue weighted by Crippen LogP contribution is 2.47. The van der Waals surface area contributed by atoms with E-state index in [-0.39, 0.29) is 27.6 Å². The molecule has 196 valence electrons. The molecule has 2 aromatic rings. The number of benzene rings is 2. The van der Waals surface area contributed by atoms with Gasteiger partial charge in [-0.3, -0.25) is 0 Å². The first kappa shape index (κ1) is 29.3. The zero-order chi connectivity index (χ0) is 27.1. The Morgan fingerprint density at radius 1 is 0.571 bits per heavy atom. The summed E-state index contributed by atoms with van der Waals surface area (Å²) in [6, 6.07) is 8.78. The van der Waals surface area contributed by atoms with Gasteiger partial charge in [-0.1, -0.05) is 114 Å². The molecule has 2 nitrogen and oxygen atoms in total. The molecular weight excluding hydrogens is 428 g/mol. The summed E-state index contributed by atoms with van der Waals surface area (Å²) >= 11 is 0. The quantitative estimate of drug-likeness (QED) is 0.395. The van der Waals surface area contributed by atoms with Gasteiger partial charge in [0.15, 0.2) is 0 Å². The Balaban J connectivity index is 2.93. The fourth-order valence-electron chi connectivity index (χ4n) is 4.61. The highest BCUT2D eigenvalue weighted by atomic mass is 16.3. The molecular formula is C33H52O2. The second kappa shape index (κ2) is 9.83. The molecule has 0 saturated carbocycles. The number of phenols is 2. The zero-order valence-electron chi connectivity index (χ0n) is 24.9. The molecule has 35 heavy (non-hydrogen) atoms. The van der Waals surface area contributed by atoms with Crippen LogP contribution in [0.2, 0.25) is 0 Å². The maximum Gasteiger partial charge on any atom is 0.123 e. The van der Waals surface area contributed by atoms with E-state index in [0.29, 0.717) is 11.5 Å². The lowest BCUT2D eigenvalue weighted by Crippen LogP contribution is -2.22. The van der Waals surface area contributed by atoms with Crippen molar-refractivity contribution in [1.82, 2.24) is 0 Å². The van der Waals surface area contributed by atoms with E-state index in [1.54, 1.807) is 0 Å². The Hall–Kier alpha value is -1.96. The largest absolute Gasteiger partial charge is 0.507 e. The van der Waals surface area contributed by atoms with Crippen LogP contribution in [0.4, 0.5) is 0 Å². The predicted molar refractivity (Wildman–Crippen MR) is 152 cm³/mol. The molecule has 1 atom stereocenters. The summed E-state index contributed by atoms with van der Waals surface area (Å²) in [6.45, 7) is 28.7. The first-order chi connectivity index (χ1) is 15.8. The minimum absolute atomic E-state index is 0.00831. The van der Waals surface area contributed by atoms with Crippen molar-refractivity contribution < 1.29 is 10.2 Å². The van der Waals surface area contributed by atoms with Crippen LogP contribution in [-0.4, -0.2) is 10.2 Å². The van der Waals surface area contributed by atoms with Crippen LogP contribution in [0.25, 0.3) is 0 Å². The molecule has 0 spiro atoms. The third kappa shape index (κ3) is 5.73. The van der Waals surface area contributed by atoms with Crippen molar-refractivity contribution in [2.75, 3.05) is 0 Å². The van der Waals surface area contributed by atoms with Crippen molar-refractivity contribution in [2.24, 2.45) is 0 Å². The molecule has 2 heteroatoms. The number of rotatable bonds is 8. The molecule has 0 aliphatic rings. The second-order valence-corrected chi connectivity index (χ2v) is 13.6. The highest BCUT2D eigenvalue weighted by Gasteiger charge is 2.32. The Labute approximate surface area is 216 Å². The van der Waals surface area contributed by atoms with Gasteiger partial charge < -0.3 is 10.2 Å². The lowest BCUT2D eigenvalue weighted by molar-refractivity contribution is 0.415. The van der Waals surface area contributed by atoms with E-state index >= 15 is 0 Å². The Morgan fingerprint density at radius 2 is 0.914 bits per heavy atom. The average Bonchev–Trinajstić information content (AvgIpc) is 2.77. The second-order valence-electron chi connectivity index (χ2n) is 13.6. The number of aromatic hydroxyl groups is 2. The van der Waals surface area contributed by atoms with Crippen molar-refractivity contribution in [3.63, 3.8) is 0 Å². The maximum absolute atomic E-state index is 11.7. The monoisotopic (exact) mass is 480 g/mol. The van der Waals surface area contributed by atoms with E-state index in [0.717, 1.165) is 41.5 Å². The normalized spacial score (nSPS) is 14.3. The molecule has 0 aromatic heterocycles. The summed E-state index contributed by atoms with van der Waals surface area (Å²) in [5.74, 6) is 0.580. The fourth-order valence-corrected chi connectivity index (χ4v) is 4.61. The molecule has 0 aliphatic carbocycles. The molecule has 2 rings (SSSR count). The van der Waals surface area contributed by atoms with Crippen LogP contribution in [-0.2, 0) is 21.7 Å². The molecule has 0 saturated heterocycles. The maximum atomic E-state index is 11.7. The summed E-state index contributed by atoms with van der Waals surface area (Å²) < 4.78 is 0. The smallest absolute Gasteiger partial charge is 0.123 e. The molecule has 0 bridgehead atoms. The van der Waals surface area contributed by atoms with E-state index in [4.69, 9.17) is 0 Å². The van der Waals surface area contributed by atoms with E-state index in [2.05, 4.69) is 114 Å². The van der Waals surface area contributed by atoms with Crippen molar-refractivity contribution >= 4 is 0 Å². The van der Waals surface area contributed by atoms with Crippen LogP contribution in [0, 0.1) is 0 Å². The van der Waals surface area contributed by atoms with Gasteiger partial charge in [0.25, 0.3) is 0 Å². The zero-order valence-corrected chi connectivity index (χ0v) is 24.9. The lowest BCUT2D eigenvalue weighted by atomic mass is 9.72. The Kier molecular flexibility index (Phi) is 8.22. The van der Waals surface area contributed by atoms with Gasteiger partial charge in [-0.25, -0.2) is 0 Å². The van der Waals surface area contributed by atoms with Gasteiger partial charge in [0.1, 0.15) is 11.5 Å². The van der Waals surface area contributed by atoms with Gasteiger partial charge in [0.05, 0.1) is 0 Å². The lowest BCUT2D eigenvalue weighted by Gasteiger charge is -2.33.